The van der Waals surface area contributed by atoms with E-state index in [1.165, 1.54) is 28.4 Å². The van der Waals surface area contributed by atoms with E-state index in [0.29, 0.717) is 10.6 Å². The second-order valence-electron chi connectivity index (χ2n) is 8.53. The van der Waals surface area contributed by atoms with Crippen LogP contribution in [0.2, 0.25) is 0 Å². The molecule has 1 aliphatic carbocycles. The minimum Gasteiger partial charge on any atom is -0.351 e. The number of halogens is 1. The van der Waals surface area contributed by atoms with E-state index >= 15 is 4.39 Å². The van der Waals surface area contributed by atoms with Gasteiger partial charge in [-0.05, 0) is 42.5 Å². The molecule has 1 aliphatic rings. The molecular weight excluding hydrogens is 465 g/mol. The summed E-state index contributed by atoms with van der Waals surface area (Å²) >= 11 is 1.27. The van der Waals surface area contributed by atoms with Crippen LogP contribution < -0.4 is 15.5 Å². The molecule has 35 heavy (non-hydrogen) atoms. The SMILES string of the molecule is O=C(NCC(=O)N(c1ccccc1)[C@@H](C(=O)NC1CCCCC1)c1ccccc1F)c1cccs1. The zero-order valence-corrected chi connectivity index (χ0v) is 20.1. The number of anilines is 1. The maximum absolute atomic E-state index is 15.0. The van der Waals surface area contributed by atoms with Crippen molar-refractivity contribution in [2.45, 2.75) is 44.2 Å². The van der Waals surface area contributed by atoms with E-state index in [1.54, 1.807) is 60.0 Å². The van der Waals surface area contributed by atoms with Crippen LogP contribution in [0.25, 0.3) is 0 Å². The van der Waals surface area contributed by atoms with E-state index in [-0.39, 0.29) is 24.1 Å². The Labute approximate surface area is 208 Å². The van der Waals surface area contributed by atoms with Gasteiger partial charge in [0, 0.05) is 17.3 Å². The third kappa shape index (κ3) is 6.14. The smallest absolute Gasteiger partial charge is 0.261 e. The number of benzene rings is 2. The minimum absolute atomic E-state index is 0.0169. The number of nitrogens with one attached hydrogen (secondary N) is 2. The van der Waals surface area contributed by atoms with Gasteiger partial charge >= 0.3 is 0 Å². The summed E-state index contributed by atoms with van der Waals surface area (Å²) in [5.41, 5.74) is 0.539. The maximum atomic E-state index is 15.0. The van der Waals surface area contributed by atoms with Crippen molar-refractivity contribution in [3.63, 3.8) is 0 Å². The number of amides is 3. The average molecular weight is 494 g/mol. The summed E-state index contributed by atoms with van der Waals surface area (Å²) < 4.78 is 15.0. The molecule has 0 saturated heterocycles. The normalized spacial score (nSPS) is 14.7. The van der Waals surface area contributed by atoms with Crippen molar-refractivity contribution < 1.29 is 18.8 Å². The molecular formula is C27H28FN3O3S. The highest BCUT2D eigenvalue weighted by Crippen LogP contribution is 2.30. The topological polar surface area (TPSA) is 78.5 Å². The summed E-state index contributed by atoms with van der Waals surface area (Å²) in [6.45, 7) is -0.340. The maximum Gasteiger partial charge on any atom is 0.261 e. The number of nitrogens with zero attached hydrogens (tertiary/aromatic N) is 1. The molecule has 0 spiro atoms. The van der Waals surface area contributed by atoms with Crippen LogP contribution in [-0.4, -0.2) is 30.3 Å². The summed E-state index contributed by atoms with van der Waals surface area (Å²) in [7, 11) is 0. The Morgan fingerprint density at radius 3 is 2.34 bits per heavy atom. The zero-order chi connectivity index (χ0) is 24.6. The van der Waals surface area contributed by atoms with Crippen molar-refractivity contribution in [1.29, 1.82) is 0 Å². The monoisotopic (exact) mass is 493 g/mol. The van der Waals surface area contributed by atoms with Gasteiger partial charge in [0.05, 0.1) is 11.4 Å². The average Bonchev–Trinajstić information content (AvgIpc) is 3.42. The lowest BCUT2D eigenvalue weighted by Crippen LogP contribution is -2.50. The van der Waals surface area contributed by atoms with Gasteiger partial charge in [0.15, 0.2) is 0 Å². The first-order chi connectivity index (χ1) is 17.0. The van der Waals surface area contributed by atoms with Gasteiger partial charge in [0.25, 0.3) is 5.91 Å². The first-order valence-electron chi connectivity index (χ1n) is 11.8. The Bertz CT molecular complexity index is 1150. The molecule has 0 aliphatic heterocycles. The molecule has 8 heteroatoms. The molecule has 1 fully saturated rings. The number of carbonyl (C=O) groups excluding carboxylic acids is 3. The lowest BCUT2D eigenvalue weighted by atomic mass is 9.94. The largest absolute Gasteiger partial charge is 0.351 e. The fourth-order valence-corrected chi connectivity index (χ4v) is 5.02. The molecule has 1 saturated carbocycles. The van der Waals surface area contributed by atoms with Gasteiger partial charge in [0.1, 0.15) is 11.9 Å². The third-order valence-electron chi connectivity index (χ3n) is 6.11. The van der Waals surface area contributed by atoms with Crippen molar-refractivity contribution in [1.82, 2.24) is 10.6 Å². The second kappa shape index (κ2) is 11.8. The fourth-order valence-electron chi connectivity index (χ4n) is 4.38. The predicted molar refractivity (Wildman–Crippen MR) is 135 cm³/mol. The van der Waals surface area contributed by atoms with E-state index in [4.69, 9.17) is 0 Å². The van der Waals surface area contributed by atoms with Crippen molar-refractivity contribution in [3.05, 3.63) is 88.4 Å². The molecule has 1 atom stereocenters. The number of rotatable bonds is 8. The molecule has 6 nitrogen and oxygen atoms in total. The van der Waals surface area contributed by atoms with Crippen molar-refractivity contribution in [2.24, 2.45) is 0 Å². The summed E-state index contributed by atoms with van der Waals surface area (Å²) in [6.07, 6.45) is 4.87. The number of hydrogen-bond donors (Lipinski definition) is 2. The standard InChI is InChI=1S/C27H28FN3O3S/c28-22-15-8-7-14-21(22)25(27(34)30-19-10-3-1-4-11-19)31(20-12-5-2-6-13-20)24(32)18-29-26(33)23-16-9-17-35-23/h2,5-9,12-17,19,25H,1,3-4,10-11,18H2,(H,29,33)(H,30,34)/t25-/m1/s1. The van der Waals surface area contributed by atoms with Gasteiger partial charge < -0.3 is 10.6 Å². The first-order valence-corrected chi connectivity index (χ1v) is 12.7. The van der Waals surface area contributed by atoms with Gasteiger partial charge in [-0.2, -0.15) is 0 Å². The van der Waals surface area contributed by atoms with Crippen LogP contribution in [0.4, 0.5) is 10.1 Å². The summed E-state index contributed by atoms with van der Waals surface area (Å²) in [6, 6.07) is 16.8. The Hall–Kier alpha value is -3.52. The lowest BCUT2D eigenvalue weighted by Gasteiger charge is -2.33. The molecule has 2 N–H and O–H groups in total. The third-order valence-corrected chi connectivity index (χ3v) is 6.97. The Morgan fingerprint density at radius 1 is 0.943 bits per heavy atom. The zero-order valence-electron chi connectivity index (χ0n) is 19.3. The number of carbonyl (C=O) groups is 3. The Kier molecular flexibility index (Phi) is 8.26. The molecule has 2 aromatic carbocycles. The minimum atomic E-state index is -1.23. The van der Waals surface area contributed by atoms with Gasteiger partial charge in [-0.25, -0.2) is 4.39 Å². The Morgan fingerprint density at radius 2 is 1.66 bits per heavy atom. The van der Waals surface area contributed by atoms with E-state index in [1.807, 2.05) is 0 Å². The van der Waals surface area contributed by atoms with Crippen molar-refractivity contribution in [2.75, 3.05) is 11.4 Å². The van der Waals surface area contributed by atoms with Crippen molar-refractivity contribution >= 4 is 34.7 Å². The quantitative estimate of drug-likeness (QED) is 0.471. The highest BCUT2D eigenvalue weighted by Gasteiger charge is 2.35. The molecule has 3 amide bonds. The van der Waals surface area contributed by atoms with Crippen LogP contribution in [0.15, 0.2) is 72.1 Å². The highest BCUT2D eigenvalue weighted by atomic mass is 32.1. The van der Waals surface area contributed by atoms with Crippen LogP contribution in [0.5, 0.6) is 0 Å². The highest BCUT2D eigenvalue weighted by molar-refractivity contribution is 7.12. The fraction of sp³-hybridized carbons (Fsp3) is 0.296. The van der Waals surface area contributed by atoms with E-state index in [2.05, 4.69) is 10.6 Å². The second-order valence-corrected chi connectivity index (χ2v) is 9.47. The molecule has 4 rings (SSSR count). The van der Waals surface area contributed by atoms with Gasteiger partial charge in [-0.15, -0.1) is 11.3 Å². The van der Waals surface area contributed by atoms with Crippen LogP contribution in [0.3, 0.4) is 0 Å². The van der Waals surface area contributed by atoms with Gasteiger partial charge in [0.2, 0.25) is 11.8 Å². The van der Waals surface area contributed by atoms with Crippen molar-refractivity contribution in [3.8, 4) is 0 Å². The molecule has 0 radical (unpaired) electrons. The van der Waals surface area contributed by atoms with E-state index in [9.17, 15) is 14.4 Å². The number of thiophene rings is 1. The Balaban J connectivity index is 1.66. The van der Waals surface area contributed by atoms with Gasteiger partial charge in [-0.3, -0.25) is 19.3 Å². The lowest BCUT2D eigenvalue weighted by molar-refractivity contribution is -0.127. The molecule has 0 bridgehead atoms. The molecule has 0 unspecified atom stereocenters. The van der Waals surface area contributed by atoms with E-state index in [0.717, 1.165) is 32.1 Å². The van der Waals surface area contributed by atoms with Crippen LogP contribution >= 0.6 is 11.3 Å². The first kappa shape index (κ1) is 24.6. The molecule has 3 aromatic rings. The van der Waals surface area contributed by atoms with Gasteiger partial charge in [-0.1, -0.05) is 61.7 Å². The summed E-state index contributed by atoms with van der Waals surface area (Å²) in [4.78, 5) is 41.4. The molecule has 182 valence electrons. The van der Waals surface area contributed by atoms with Crippen LogP contribution in [0.1, 0.15) is 53.4 Å². The number of hydrogen-bond acceptors (Lipinski definition) is 4. The summed E-state index contributed by atoms with van der Waals surface area (Å²) in [5.74, 6) is -1.92. The number of para-hydroxylation sites is 1. The predicted octanol–water partition coefficient (Wildman–Crippen LogP) is 4.84. The van der Waals surface area contributed by atoms with E-state index < -0.39 is 23.7 Å². The van der Waals surface area contributed by atoms with Crippen LogP contribution in [-0.2, 0) is 9.59 Å². The van der Waals surface area contributed by atoms with Crippen LogP contribution in [0, 0.1) is 5.82 Å². The summed E-state index contributed by atoms with van der Waals surface area (Å²) in [5, 5.41) is 7.46. The molecule has 1 heterocycles. The molecule has 1 aromatic heterocycles.